The number of aromatic amines is 1. The van der Waals surface area contributed by atoms with Gasteiger partial charge < -0.3 is 10.4 Å². The second kappa shape index (κ2) is 9.04. The Bertz CT molecular complexity index is 940. The average molecular weight is 404 g/mol. The Morgan fingerprint density at radius 1 is 1.07 bits per heavy atom. The monoisotopic (exact) mass is 403 g/mol. The van der Waals surface area contributed by atoms with Crippen LogP contribution >= 0.6 is 23.2 Å². The summed E-state index contributed by atoms with van der Waals surface area (Å²) in [5.41, 5.74) is 3.66. The molecule has 0 spiro atoms. The molecular formula is C20H19Cl2N3O2. The Morgan fingerprint density at radius 3 is 2.67 bits per heavy atom. The average Bonchev–Trinajstić information content (AvgIpc) is 3.12. The van der Waals surface area contributed by atoms with Crippen LogP contribution in [-0.2, 0) is 12.8 Å². The molecule has 1 heterocycles. The molecule has 3 N–H and O–H groups in total. The van der Waals surface area contributed by atoms with Crippen molar-refractivity contribution in [2.24, 2.45) is 0 Å². The van der Waals surface area contributed by atoms with E-state index in [0.717, 1.165) is 16.8 Å². The summed E-state index contributed by atoms with van der Waals surface area (Å²) in [6, 6.07) is 14.6. The van der Waals surface area contributed by atoms with Gasteiger partial charge in [0, 0.05) is 35.9 Å². The predicted molar refractivity (Wildman–Crippen MR) is 107 cm³/mol. The molecule has 2 aromatic carbocycles. The molecule has 7 heteroatoms. The van der Waals surface area contributed by atoms with Gasteiger partial charge in [0.25, 0.3) is 5.91 Å². The van der Waals surface area contributed by atoms with E-state index < -0.39 is 0 Å². The van der Waals surface area contributed by atoms with Crippen molar-refractivity contribution < 1.29 is 9.90 Å². The first-order chi connectivity index (χ1) is 13.1. The van der Waals surface area contributed by atoms with Crippen LogP contribution in [0.1, 0.15) is 21.6 Å². The number of carbonyl (C=O) groups excluding carboxylic acids is 1. The highest BCUT2D eigenvalue weighted by Gasteiger charge is 2.13. The van der Waals surface area contributed by atoms with E-state index in [1.165, 1.54) is 0 Å². The van der Waals surface area contributed by atoms with Gasteiger partial charge >= 0.3 is 0 Å². The molecule has 5 nitrogen and oxygen atoms in total. The Morgan fingerprint density at radius 2 is 1.89 bits per heavy atom. The molecule has 1 aromatic heterocycles. The van der Waals surface area contributed by atoms with Crippen molar-refractivity contribution in [1.82, 2.24) is 15.5 Å². The molecule has 0 radical (unpaired) electrons. The predicted octanol–water partition coefficient (Wildman–Crippen LogP) is 3.89. The van der Waals surface area contributed by atoms with Crippen LogP contribution in [-0.4, -0.2) is 34.4 Å². The smallest absolute Gasteiger partial charge is 0.252 e. The number of rotatable bonds is 7. The van der Waals surface area contributed by atoms with Gasteiger partial charge in [-0.05, 0) is 36.2 Å². The van der Waals surface area contributed by atoms with Gasteiger partial charge in [0.05, 0.1) is 16.3 Å². The third kappa shape index (κ3) is 4.89. The maximum atomic E-state index is 12.5. The molecule has 140 valence electrons. The summed E-state index contributed by atoms with van der Waals surface area (Å²) in [5, 5.41) is 20.0. The number of hydrogen-bond acceptors (Lipinski definition) is 3. The van der Waals surface area contributed by atoms with Gasteiger partial charge in [0.15, 0.2) is 0 Å². The summed E-state index contributed by atoms with van der Waals surface area (Å²) in [6.45, 7) is 0.494. The zero-order valence-electron chi connectivity index (χ0n) is 14.5. The maximum absolute atomic E-state index is 12.5. The number of aliphatic hydroxyl groups is 1. The summed E-state index contributed by atoms with van der Waals surface area (Å²) in [6.07, 6.45) is 1.13. The Hall–Kier alpha value is -2.34. The number of halogens is 2. The van der Waals surface area contributed by atoms with Crippen molar-refractivity contribution >= 4 is 29.1 Å². The van der Waals surface area contributed by atoms with Gasteiger partial charge in [0.1, 0.15) is 0 Å². The number of H-pyrrole nitrogens is 1. The van der Waals surface area contributed by atoms with Crippen molar-refractivity contribution in [2.75, 3.05) is 13.2 Å². The standard InChI is InChI=1S/C20H19Cl2N3O2/c21-17-4-2-1-3-13(17)7-9-23-20(27)16-11-14(5-6-18(16)22)19-12-15(8-10-26)24-25-19/h1-6,11-12,26H,7-10H2,(H,23,27)(H,24,25). The highest BCUT2D eigenvalue weighted by molar-refractivity contribution is 6.34. The van der Waals surface area contributed by atoms with Gasteiger partial charge in [-0.25, -0.2) is 0 Å². The number of benzene rings is 2. The summed E-state index contributed by atoms with van der Waals surface area (Å²) in [5.74, 6) is -0.250. The second-order valence-electron chi connectivity index (χ2n) is 6.04. The Kier molecular flexibility index (Phi) is 6.50. The molecule has 0 unspecified atom stereocenters. The summed E-state index contributed by atoms with van der Waals surface area (Å²) in [4.78, 5) is 12.5. The molecule has 1 amide bonds. The minimum absolute atomic E-state index is 0.0430. The van der Waals surface area contributed by atoms with E-state index >= 15 is 0 Å². The normalized spacial score (nSPS) is 10.8. The number of carbonyl (C=O) groups is 1. The van der Waals surface area contributed by atoms with E-state index in [0.29, 0.717) is 40.7 Å². The fraction of sp³-hybridized carbons (Fsp3) is 0.200. The van der Waals surface area contributed by atoms with Crippen molar-refractivity contribution in [1.29, 1.82) is 0 Å². The van der Waals surface area contributed by atoms with E-state index in [1.54, 1.807) is 12.1 Å². The molecule has 0 fully saturated rings. The number of aromatic nitrogens is 2. The van der Waals surface area contributed by atoms with Gasteiger partial charge in [-0.1, -0.05) is 47.5 Å². The highest BCUT2D eigenvalue weighted by Crippen LogP contribution is 2.24. The van der Waals surface area contributed by atoms with Crippen LogP contribution in [0.4, 0.5) is 0 Å². The van der Waals surface area contributed by atoms with Crippen molar-refractivity contribution in [2.45, 2.75) is 12.8 Å². The van der Waals surface area contributed by atoms with E-state index in [9.17, 15) is 4.79 Å². The SMILES string of the molecule is O=C(NCCc1ccccc1Cl)c1cc(-c2cc(CCO)[nH]n2)ccc1Cl. The summed E-state index contributed by atoms with van der Waals surface area (Å²) in [7, 11) is 0. The molecule has 0 aliphatic heterocycles. The molecule has 3 rings (SSSR count). The number of aliphatic hydroxyl groups excluding tert-OH is 1. The topological polar surface area (TPSA) is 78.0 Å². The van der Waals surface area contributed by atoms with Crippen LogP contribution in [0.15, 0.2) is 48.5 Å². The lowest BCUT2D eigenvalue weighted by atomic mass is 10.1. The van der Waals surface area contributed by atoms with Crippen LogP contribution in [0.3, 0.4) is 0 Å². The lowest BCUT2D eigenvalue weighted by molar-refractivity contribution is 0.0954. The molecule has 0 saturated carbocycles. The molecule has 0 bridgehead atoms. The van der Waals surface area contributed by atoms with E-state index in [-0.39, 0.29) is 12.5 Å². The first-order valence-corrected chi connectivity index (χ1v) is 9.30. The number of nitrogens with one attached hydrogen (secondary N) is 2. The zero-order valence-corrected chi connectivity index (χ0v) is 16.0. The fourth-order valence-corrected chi connectivity index (χ4v) is 3.16. The van der Waals surface area contributed by atoms with Gasteiger partial charge in [-0.2, -0.15) is 5.10 Å². The number of amides is 1. The third-order valence-corrected chi connectivity index (χ3v) is 4.85. The van der Waals surface area contributed by atoms with Crippen molar-refractivity contribution in [3.8, 4) is 11.3 Å². The van der Waals surface area contributed by atoms with Crippen LogP contribution in [0.2, 0.25) is 10.0 Å². The summed E-state index contributed by atoms with van der Waals surface area (Å²) >= 11 is 12.3. The van der Waals surface area contributed by atoms with E-state index in [2.05, 4.69) is 15.5 Å². The van der Waals surface area contributed by atoms with Gasteiger partial charge in [-0.3, -0.25) is 9.89 Å². The molecule has 0 atom stereocenters. The van der Waals surface area contributed by atoms with Crippen LogP contribution in [0, 0.1) is 0 Å². The van der Waals surface area contributed by atoms with Gasteiger partial charge in [-0.15, -0.1) is 0 Å². The van der Waals surface area contributed by atoms with Gasteiger partial charge in [0.2, 0.25) is 0 Å². The molecular weight excluding hydrogens is 385 g/mol. The van der Waals surface area contributed by atoms with E-state index in [4.69, 9.17) is 28.3 Å². The molecule has 0 aliphatic carbocycles. The second-order valence-corrected chi connectivity index (χ2v) is 6.86. The Balaban J connectivity index is 1.69. The van der Waals surface area contributed by atoms with Crippen LogP contribution < -0.4 is 5.32 Å². The van der Waals surface area contributed by atoms with E-state index in [1.807, 2.05) is 36.4 Å². The first-order valence-electron chi connectivity index (χ1n) is 8.55. The zero-order chi connectivity index (χ0) is 19.2. The Labute approximate surface area is 167 Å². The largest absolute Gasteiger partial charge is 0.396 e. The molecule has 0 aliphatic rings. The highest BCUT2D eigenvalue weighted by atomic mass is 35.5. The summed E-state index contributed by atoms with van der Waals surface area (Å²) < 4.78 is 0. The van der Waals surface area contributed by atoms with Crippen LogP contribution in [0.5, 0.6) is 0 Å². The minimum Gasteiger partial charge on any atom is -0.396 e. The fourth-order valence-electron chi connectivity index (χ4n) is 2.72. The van der Waals surface area contributed by atoms with Crippen molar-refractivity contribution in [3.63, 3.8) is 0 Å². The minimum atomic E-state index is -0.250. The molecule has 0 saturated heterocycles. The van der Waals surface area contributed by atoms with Crippen LogP contribution in [0.25, 0.3) is 11.3 Å². The molecule has 3 aromatic rings. The third-order valence-electron chi connectivity index (χ3n) is 4.16. The number of nitrogens with zero attached hydrogens (tertiary/aromatic N) is 1. The maximum Gasteiger partial charge on any atom is 0.252 e. The van der Waals surface area contributed by atoms with Crippen molar-refractivity contribution in [3.05, 3.63) is 75.4 Å². The lowest BCUT2D eigenvalue weighted by Gasteiger charge is -2.09. The molecule has 27 heavy (non-hydrogen) atoms. The first kappa shape index (κ1) is 19.4. The number of hydrogen-bond donors (Lipinski definition) is 3. The lowest BCUT2D eigenvalue weighted by Crippen LogP contribution is -2.26. The quantitative estimate of drug-likeness (QED) is 0.559.